The van der Waals surface area contributed by atoms with Gasteiger partial charge in [-0.3, -0.25) is 0 Å². The van der Waals surface area contributed by atoms with Crippen LogP contribution in [0.2, 0.25) is 0 Å². The molecular formula is C10H11F3O2. The van der Waals surface area contributed by atoms with Crippen molar-refractivity contribution in [3.63, 3.8) is 0 Å². The van der Waals surface area contributed by atoms with Gasteiger partial charge >= 0.3 is 6.36 Å². The molecule has 84 valence electrons. The second-order valence-electron chi connectivity index (χ2n) is 2.95. The van der Waals surface area contributed by atoms with Gasteiger partial charge in [0.05, 0.1) is 6.61 Å². The third-order valence-corrected chi connectivity index (χ3v) is 1.99. The first-order valence-corrected chi connectivity index (χ1v) is 4.45. The van der Waals surface area contributed by atoms with Crippen LogP contribution in [0.15, 0.2) is 18.2 Å². The van der Waals surface area contributed by atoms with Crippen LogP contribution < -0.4 is 4.74 Å². The fourth-order valence-electron chi connectivity index (χ4n) is 1.34. The van der Waals surface area contributed by atoms with Crippen molar-refractivity contribution in [3.05, 3.63) is 29.3 Å². The predicted molar refractivity (Wildman–Crippen MR) is 48.4 cm³/mol. The van der Waals surface area contributed by atoms with Crippen LogP contribution >= 0.6 is 0 Å². The van der Waals surface area contributed by atoms with Gasteiger partial charge in [-0.25, -0.2) is 0 Å². The number of rotatable bonds is 3. The first kappa shape index (κ1) is 11.8. The molecule has 0 aliphatic carbocycles. The molecular weight excluding hydrogens is 209 g/mol. The van der Waals surface area contributed by atoms with Gasteiger partial charge in [0.1, 0.15) is 5.75 Å². The van der Waals surface area contributed by atoms with Crippen molar-refractivity contribution in [1.82, 2.24) is 0 Å². The molecule has 2 nitrogen and oxygen atoms in total. The molecule has 0 aromatic heterocycles. The zero-order valence-electron chi connectivity index (χ0n) is 8.14. The number of hydrogen-bond acceptors (Lipinski definition) is 2. The lowest BCUT2D eigenvalue weighted by Gasteiger charge is -2.14. The summed E-state index contributed by atoms with van der Waals surface area (Å²) < 4.78 is 39.8. The van der Waals surface area contributed by atoms with Gasteiger partial charge in [0.25, 0.3) is 0 Å². The number of alkyl halides is 3. The Morgan fingerprint density at radius 3 is 2.47 bits per heavy atom. The first-order valence-electron chi connectivity index (χ1n) is 4.45. The van der Waals surface area contributed by atoms with E-state index in [1.54, 1.807) is 13.0 Å². The molecule has 0 bridgehead atoms. The molecule has 1 rings (SSSR count). The van der Waals surface area contributed by atoms with E-state index in [1.165, 1.54) is 12.1 Å². The summed E-state index contributed by atoms with van der Waals surface area (Å²) in [6, 6.07) is 4.33. The van der Waals surface area contributed by atoms with Crippen molar-refractivity contribution < 1.29 is 23.0 Å². The number of aliphatic hydroxyl groups excluding tert-OH is 1. The van der Waals surface area contributed by atoms with Gasteiger partial charge < -0.3 is 9.84 Å². The van der Waals surface area contributed by atoms with E-state index in [0.29, 0.717) is 12.0 Å². The van der Waals surface area contributed by atoms with Gasteiger partial charge in [-0.1, -0.05) is 19.1 Å². The number of aliphatic hydroxyl groups is 1. The Kier molecular flexibility index (Phi) is 3.57. The summed E-state index contributed by atoms with van der Waals surface area (Å²) in [7, 11) is 0. The average molecular weight is 220 g/mol. The quantitative estimate of drug-likeness (QED) is 0.848. The Hall–Kier alpha value is -1.23. The summed E-state index contributed by atoms with van der Waals surface area (Å²) in [6.07, 6.45) is -4.18. The van der Waals surface area contributed by atoms with E-state index in [1.807, 2.05) is 0 Å². The van der Waals surface area contributed by atoms with Crippen LogP contribution in [0, 0.1) is 0 Å². The molecule has 1 N–H and O–H groups in total. The zero-order valence-corrected chi connectivity index (χ0v) is 8.14. The van der Waals surface area contributed by atoms with Crippen molar-refractivity contribution in [1.29, 1.82) is 0 Å². The highest BCUT2D eigenvalue weighted by Gasteiger charge is 2.32. The van der Waals surface area contributed by atoms with Gasteiger partial charge in [-0.15, -0.1) is 13.2 Å². The number of hydrogen-bond donors (Lipinski definition) is 1. The molecule has 0 heterocycles. The standard InChI is InChI=1S/C10H11F3O2/c1-2-7-4-3-5-9(8(7)6-14)15-10(11,12)13/h3-5,14H,2,6H2,1H3. The maximum atomic E-state index is 12.0. The molecule has 5 heteroatoms. The topological polar surface area (TPSA) is 29.5 Å². The van der Waals surface area contributed by atoms with Gasteiger partial charge in [-0.2, -0.15) is 0 Å². The second-order valence-corrected chi connectivity index (χ2v) is 2.95. The smallest absolute Gasteiger partial charge is 0.405 e. The van der Waals surface area contributed by atoms with Crippen LogP contribution in [0.25, 0.3) is 0 Å². The van der Waals surface area contributed by atoms with Crippen LogP contribution in [-0.2, 0) is 13.0 Å². The minimum Gasteiger partial charge on any atom is -0.405 e. The second kappa shape index (κ2) is 4.53. The van der Waals surface area contributed by atoms with Crippen LogP contribution in [0.1, 0.15) is 18.1 Å². The number of benzene rings is 1. The molecule has 0 unspecified atom stereocenters. The van der Waals surface area contributed by atoms with Crippen LogP contribution in [0.5, 0.6) is 5.75 Å². The van der Waals surface area contributed by atoms with Crippen molar-refractivity contribution in [2.24, 2.45) is 0 Å². The van der Waals surface area contributed by atoms with E-state index in [4.69, 9.17) is 5.11 Å². The van der Waals surface area contributed by atoms with Gasteiger partial charge in [0.2, 0.25) is 0 Å². The summed E-state index contributed by atoms with van der Waals surface area (Å²) in [4.78, 5) is 0. The number of aryl methyl sites for hydroxylation is 1. The molecule has 0 aliphatic rings. The Balaban J connectivity index is 3.06. The Bertz CT molecular complexity index is 334. The summed E-state index contributed by atoms with van der Waals surface area (Å²) in [5.74, 6) is -0.329. The Morgan fingerprint density at radius 1 is 1.33 bits per heavy atom. The van der Waals surface area contributed by atoms with Crippen LogP contribution in [0.4, 0.5) is 13.2 Å². The van der Waals surface area contributed by atoms with Crippen molar-refractivity contribution >= 4 is 0 Å². The highest BCUT2D eigenvalue weighted by Crippen LogP contribution is 2.28. The molecule has 0 spiro atoms. The third-order valence-electron chi connectivity index (χ3n) is 1.99. The lowest BCUT2D eigenvalue weighted by molar-refractivity contribution is -0.275. The molecule has 0 amide bonds. The maximum absolute atomic E-state index is 12.0. The summed E-state index contributed by atoms with van der Waals surface area (Å²) in [6.45, 7) is 1.33. The van der Waals surface area contributed by atoms with E-state index in [2.05, 4.69) is 4.74 Å². The fraction of sp³-hybridized carbons (Fsp3) is 0.400. The Morgan fingerprint density at radius 2 is 2.00 bits per heavy atom. The summed E-state index contributed by atoms with van der Waals surface area (Å²) in [5.41, 5.74) is 0.844. The number of ether oxygens (including phenoxy) is 1. The Labute approximate surface area is 85.3 Å². The molecule has 1 aromatic carbocycles. The van der Waals surface area contributed by atoms with E-state index >= 15 is 0 Å². The highest BCUT2D eigenvalue weighted by atomic mass is 19.4. The van der Waals surface area contributed by atoms with E-state index in [9.17, 15) is 13.2 Å². The van der Waals surface area contributed by atoms with E-state index in [0.717, 1.165) is 0 Å². The van der Waals surface area contributed by atoms with E-state index < -0.39 is 13.0 Å². The average Bonchev–Trinajstić information content (AvgIpc) is 2.15. The third kappa shape index (κ3) is 3.13. The van der Waals surface area contributed by atoms with Crippen molar-refractivity contribution in [2.75, 3.05) is 0 Å². The van der Waals surface area contributed by atoms with Crippen molar-refractivity contribution in [3.8, 4) is 5.75 Å². The normalized spacial score (nSPS) is 11.5. The van der Waals surface area contributed by atoms with Crippen LogP contribution in [-0.4, -0.2) is 11.5 Å². The maximum Gasteiger partial charge on any atom is 0.573 e. The number of halogens is 3. The molecule has 0 aliphatic heterocycles. The monoisotopic (exact) mass is 220 g/mol. The van der Waals surface area contributed by atoms with Crippen molar-refractivity contribution in [2.45, 2.75) is 26.3 Å². The van der Waals surface area contributed by atoms with Gasteiger partial charge in [0, 0.05) is 5.56 Å². The molecule has 0 atom stereocenters. The van der Waals surface area contributed by atoms with Gasteiger partial charge in [0.15, 0.2) is 0 Å². The predicted octanol–water partition coefficient (Wildman–Crippen LogP) is 2.64. The molecule has 0 radical (unpaired) electrons. The highest BCUT2D eigenvalue weighted by molar-refractivity contribution is 5.39. The lowest BCUT2D eigenvalue weighted by Crippen LogP contribution is -2.18. The molecule has 1 aromatic rings. The molecule has 0 fully saturated rings. The molecule has 0 saturated heterocycles. The fourth-order valence-corrected chi connectivity index (χ4v) is 1.34. The SMILES string of the molecule is CCc1cccc(OC(F)(F)F)c1CO. The van der Waals surface area contributed by atoms with Gasteiger partial charge in [-0.05, 0) is 18.1 Å². The minimum absolute atomic E-state index is 0.192. The zero-order chi connectivity index (χ0) is 11.5. The van der Waals surface area contributed by atoms with Crippen LogP contribution in [0.3, 0.4) is 0 Å². The lowest BCUT2D eigenvalue weighted by atomic mass is 10.1. The summed E-state index contributed by atoms with van der Waals surface area (Å²) >= 11 is 0. The summed E-state index contributed by atoms with van der Waals surface area (Å²) in [5, 5.41) is 8.98. The van der Waals surface area contributed by atoms with E-state index in [-0.39, 0.29) is 11.3 Å². The first-order chi connectivity index (χ1) is 6.98. The molecule has 15 heavy (non-hydrogen) atoms. The largest absolute Gasteiger partial charge is 0.573 e. The minimum atomic E-state index is -4.73. The molecule has 0 saturated carbocycles.